The highest BCUT2D eigenvalue weighted by atomic mass is 32.1. The van der Waals surface area contributed by atoms with Crippen LogP contribution in [0.3, 0.4) is 0 Å². The Labute approximate surface area is 218 Å². The van der Waals surface area contributed by atoms with E-state index >= 15 is 0 Å². The lowest BCUT2D eigenvalue weighted by atomic mass is 9.92. The number of nitrogens with zero attached hydrogens (tertiary/aromatic N) is 3. The summed E-state index contributed by atoms with van der Waals surface area (Å²) in [6, 6.07) is 16.3. The van der Waals surface area contributed by atoms with Crippen molar-refractivity contribution in [3.8, 4) is 33.1 Å². The van der Waals surface area contributed by atoms with E-state index in [4.69, 9.17) is 0 Å². The van der Waals surface area contributed by atoms with Gasteiger partial charge in [0.2, 0.25) is 5.91 Å². The first-order valence-electron chi connectivity index (χ1n) is 12.1. The lowest BCUT2D eigenvalue weighted by molar-refractivity contribution is -0.117. The summed E-state index contributed by atoms with van der Waals surface area (Å²) in [5.74, 6) is -0.0192. The zero-order valence-corrected chi connectivity index (χ0v) is 21.6. The maximum absolute atomic E-state index is 12.4. The SMILES string of the molecule is CC(C)(C)CC(=O)Nc1cncc(-c2ccc3[nH]nc(-c4cc5c(-c6cccs6)nccc5[nH]4)c3c2)c1. The number of aromatic amines is 2. The molecule has 5 heterocycles. The van der Waals surface area contributed by atoms with Crippen molar-refractivity contribution in [2.24, 2.45) is 5.41 Å². The number of rotatable bonds is 5. The molecule has 7 nitrogen and oxygen atoms in total. The van der Waals surface area contributed by atoms with Gasteiger partial charge in [0.05, 0.1) is 33.7 Å². The predicted molar refractivity (Wildman–Crippen MR) is 150 cm³/mol. The number of nitrogens with one attached hydrogen (secondary N) is 3. The molecule has 0 spiro atoms. The van der Waals surface area contributed by atoms with Crippen molar-refractivity contribution in [3.63, 3.8) is 0 Å². The van der Waals surface area contributed by atoms with Crippen molar-refractivity contribution in [1.29, 1.82) is 0 Å². The molecule has 3 N–H and O–H groups in total. The first-order chi connectivity index (χ1) is 17.8. The average Bonchev–Trinajstić information content (AvgIpc) is 3.61. The number of thiophene rings is 1. The predicted octanol–water partition coefficient (Wildman–Crippen LogP) is 7.27. The summed E-state index contributed by atoms with van der Waals surface area (Å²) in [7, 11) is 0. The fourth-order valence-electron chi connectivity index (χ4n) is 4.54. The van der Waals surface area contributed by atoms with Crippen LogP contribution in [0.1, 0.15) is 27.2 Å². The van der Waals surface area contributed by atoms with Crippen LogP contribution >= 0.6 is 11.3 Å². The summed E-state index contributed by atoms with van der Waals surface area (Å²) in [5.41, 5.74) is 7.20. The number of fused-ring (bicyclic) bond motifs is 2. The molecular formula is C29H26N6OS. The third-order valence-corrected chi connectivity index (χ3v) is 7.04. The van der Waals surface area contributed by atoms with Gasteiger partial charge in [-0.1, -0.05) is 32.9 Å². The van der Waals surface area contributed by atoms with E-state index in [1.807, 2.05) is 63.5 Å². The summed E-state index contributed by atoms with van der Waals surface area (Å²) < 4.78 is 0. The minimum Gasteiger partial charge on any atom is -0.353 e. The van der Waals surface area contributed by atoms with Crippen molar-refractivity contribution in [3.05, 3.63) is 72.5 Å². The molecule has 0 saturated heterocycles. The third kappa shape index (κ3) is 4.63. The molecule has 6 rings (SSSR count). The Morgan fingerprint density at radius 2 is 1.84 bits per heavy atom. The number of carbonyl (C=O) groups is 1. The maximum Gasteiger partial charge on any atom is 0.224 e. The first kappa shape index (κ1) is 23.1. The molecule has 0 aliphatic heterocycles. The molecule has 0 unspecified atom stereocenters. The Balaban J connectivity index is 1.36. The lowest BCUT2D eigenvalue weighted by Gasteiger charge is -2.17. The van der Waals surface area contributed by atoms with Gasteiger partial charge >= 0.3 is 0 Å². The first-order valence-corrected chi connectivity index (χ1v) is 13.0. The van der Waals surface area contributed by atoms with E-state index < -0.39 is 0 Å². The fraction of sp³-hybridized carbons (Fsp3) is 0.172. The highest BCUT2D eigenvalue weighted by Crippen LogP contribution is 2.35. The van der Waals surface area contributed by atoms with Gasteiger partial charge in [-0.25, -0.2) is 0 Å². The van der Waals surface area contributed by atoms with Crippen LogP contribution in [-0.4, -0.2) is 31.1 Å². The molecule has 0 bridgehead atoms. The molecule has 6 aromatic rings. The van der Waals surface area contributed by atoms with Gasteiger partial charge in [0, 0.05) is 40.7 Å². The van der Waals surface area contributed by atoms with Crippen molar-refractivity contribution in [2.45, 2.75) is 27.2 Å². The molecule has 8 heteroatoms. The number of aromatic nitrogens is 5. The quantitative estimate of drug-likeness (QED) is 0.229. The monoisotopic (exact) mass is 506 g/mol. The molecule has 0 aliphatic carbocycles. The number of carbonyl (C=O) groups excluding carboxylic acids is 1. The van der Waals surface area contributed by atoms with Crippen LogP contribution in [0.15, 0.2) is 72.5 Å². The Hall–Kier alpha value is -4.30. The standard InChI is InChI=1S/C29H26N6OS/c1-29(2,3)14-26(36)32-19-11-18(15-30-16-19)17-6-7-23-20(12-17)27(35-34-23)24-13-21-22(33-24)8-9-31-28(21)25-5-4-10-37-25/h4-13,15-16,33H,14H2,1-3H3,(H,32,36)(H,34,35). The van der Waals surface area contributed by atoms with Gasteiger partial charge in [-0.3, -0.25) is 19.9 Å². The highest BCUT2D eigenvalue weighted by Gasteiger charge is 2.17. The second-order valence-corrected chi connectivity index (χ2v) is 11.3. The van der Waals surface area contributed by atoms with Gasteiger partial charge in [-0.2, -0.15) is 5.10 Å². The molecule has 0 fully saturated rings. The van der Waals surface area contributed by atoms with Gasteiger partial charge in [0.15, 0.2) is 0 Å². The van der Waals surface area contributed by atoms with Gasteiger partial charge in [-0.15, -0.1) is 11.3 Å². The van der Waals surface area contributed by atoms with E-state index in [1.54, 1.807) is 17.5 Å². The smallest absolute Gasteiger partial charge is 0.224 e. The number of hydrogen-bond donors (Lipinski definition) is 3. The third-order valence-electron chi connectivity index (χ3n) is 6.17. The van der Waals surface area contributed by atoms with Crippen LogP contribution in [0, 0.1) is 5.41 Å². The highest BCUT2D eigenvalue weighted by molar-refractivity contribution is 7.13. The van der Waals surface area contributed by atoms with Crippen LogP contribution in [0.2, 0.25) is 0 Å². The molecule has 37 heavy (non-hydrogen) atoms. The summed E-state index contributed by atoms with van der Waals surface area (Å²) in [6.07, 6.45) is 5.76. The van der Waals surface area contributed by atoms with E-state index in [0.717, 1.165) is 54.9 Å². The molecule has 0 atom stereocenters. The summed E-state index contributed by atoms with van der Waals surface area (Å²) >= 11 is 1.68. The normalized spacial score (nSPS) is 11.9. The number of hydrogen-bond acceptors (Lipinski definition) is 5. The topological polar surface area (TPSA) is 99.3 Å². The number of pyridine rings is 2. The second-order valence-electron chi connectivity index (χ2n) is 10.4. The molecule has 0 radical (unpaired) electrons. The van der Waals surface area contributed by atoms with Crippen molar-refractivity contribution in [2.75, 3.05) is 5.32 Å². The average molecular weight is 507 g/mol. The van der Waals surface area contributed by atoms with Crippen LogP contribution in [0.4, 0.5) is 5.69 Å². The van der Waals surface area contributed by atoms with Crippen LogP contribution in [0.5, 0.6) is 0 Å². The van der Waals surface area contributed by atoms with E-state index in [0.29, 0.717) is 12.1 Å². The van der Waals surface area contributed by atoms with E-state index in [9.17, 15) is 4.79 Å². The van der Waals surface area contributed by atoms with Crippen molar-refractivity contribution in [1.82, 2.24) is 25.1 Å². The van der Waals surface area contributed by atoms with Crippen LogP contribution < -0.4 is 5.32 Å². The molecular weight excluding hydrogens is 480 g/mol. The Kier molecular flexibility index (Phi) is 5.61. The second kappa shape index (κ2) is 8.97. The Bertz CT molecular complexity index is 1740. The Morgan fingerprint density at radius 1 is 0.973 bits per heavy atom. The minimum absolute atomic E-state index is 0.0192. The number of amides is 1. The van der Waals surface area contributed by atoms with Crippen molar-refractivity contribution < 1.29 is 4.79 Å². The summed E-state index contributed by atoms with van der Waals surface area (Å²) in [6.45, 7) is 6.14. The fourth-order valence-corrected chi connectivity index (χ4v) is 5.28. The summed E-state index contributed by atoms with van der Waals surface area (Å²) in [5, 5.41) is 14.9. The number of H-pyrrole nitrogens is 2. The van der Waals surface area contributed by atoms with Gasteiger partial charge < -0.3 is 10.3 Å². The number of benzene rings is 1. The Morgan fingerprint density at radius 3 is 2.65 bits per heavy atom. The van der Waals surface area contributed by atoms with Gasteiger partial charge in [0.1, 0.15) is 5.69 Å². The van der Waals surface area contributed by atoms with Gasteiger partial charge in [0.25, 0.3) is 0 Å². The molecule has 1 amide bonds. The van der Waals surface area contributed by atoms with E-state index in [2.05, 4.69) is 54.0 Å². The molecule has 184 valence electrons. The summed E-state index contributed by atoms with van der Waals surface area (Å²) in [4.78, 5) is 26.1. The zero-order chi connectivity index (χ0) is 25.6. The minimum atomic E-state index is -0.0823. The zero-order valence-electron chi connectivity index (χ0n) is 20.8. The molecule has 0 aliphatic rings. The lowest BCUT2D eigenvalue weighted by Crippen LogP contribution is -2.19. The van der Waals surface area contributed by atoms with Gasteiger partial charge in [-0.05, 0) is 52.8 Å². The molecule has 1 aromatic carbocycles. The molecule has 0 saturated carbocycles. The van der Waals surface area contributed by atoms with Crippen LogP contribution in [-0.2, 0) is 4.79 Å². The number of anilines is 1. The largest absolute Gasteiger partial charge is 0.353 e. The van der Waals surface area contributed by atoms with E-state index in [1.165, 1.54) is 0 Å². The van der Waals surface area contributed by atoms with Crippen molar-refractivity contribution >= 4 is 44.7 Å². The maximum atomic E-state index is 12.4. The molecule has 5 aromatic heterocycles. The van der Waals surface area contributed by atoms with Crippen LogP contribution in [0.25, 0.3) is 54.9 Å². The van der Waals surface area contributed by atoms with E-state index in [-0.39, 0.29) is 11.3 Å².